The Hall–Kier alpha value is -2.24. The number of imidazole rings is 1. The molecule has 0 spiro atoms. The van der Waals surface area contributed by atoms with E-state index in [9.17, 15) is 4.79 Å². The third-order valence-corrected chi connectivity index (χ3v) is 4.72. The molecule has 0 saturated heterocycles. The standard InChI is InChI=1S/C18H16ClN3OS/c1-2-11-22-16-10-6-5-9-15(16)21-18(22)24-12-17(23)20-14-8-4-3-7-13(14)19/h2-10H,1,11-12H2,(H,20,23). The number of benzene rings is 2. The van der Waals surface area contributed by atoms with E-state index in [4.69, 9.17) is 11.6 Å². The minimum atomic E-state index is -0.120. The highest BCUT2D eigenvalue weighted by Gasteiger charge is 2.12. The van der Waals surface area contributed by atoms with Crippen LogP contribution in [-0.4, -0.2) is 21.2 Å². The van der Waals surface area contributed by atoms with Gasteiger partial charge in [0.1, 0.15) is 0 Å². The molecular weight excluding hydrogens is 342 g/mol. The Balaban J connectivity index is 1.73. The molecular formula is C18H16ClN3OS. The molecule has 0 radical (unpaired) electrons. The van der Waals surface area contributed by atoms with Crippen molar-refractivity contribution in [3.63, 3.8) is 0 Å². The quantitative estimate of drug-likeness (QED) is 0.517. The molecule has 1 heterocycles. The van der Waals surface area contributed by atoms with Crippen LogP contribution in [0.2, 0.25) is 5.02 Å². The summed E-state index contributed by atoms with van der Waals surface area (Å²) in [7, 11) is 0. The number of halogens is 1. The van der Waals surface area contributed by atoms with E-state index >= 15 is 0 Å². The molecule has 24 heavy (non-hydrogen) atoms. The van der Waals surface area contributed by atoms with Crippen LogP contribution < -0.4 is 5.32 Å². The molecule has 0 aliphatic rings. The highest BCUT2D eigenvalue weighted by Crippen LogP contribution is 2.25. The maximum absolute atomic E-state index is 12.2. The second-order valence-electron chi connectivity index (χ2n) is 5.10. The molecule has 1 aromatic heterocycles. The van der Waals surface area contributed by atoms with E-state index in [1.54, 1.807) is 12.1 Å². The van der Waals surface area contributed by atoms with Crippen LogP contribution in [0.4, 0.5) is 5.69 Å². The number of thioether (sulfide) groups is 1. The van der Waals surface area contributed by atoms with Crippen molar-refractivity contribution in [1.29, 1.82) is 0 Å². The third-order valence-electron chi connectivity index (χ3n) is 3.41. The van der Waals surface area contributed by atoms with Gasteiger partial charge in [0, 0.05) is 6.54 Å². The molecule has 4 nitrogen and oxygen atoms in total. The van der Waals surface area contributed by atoms with Crippen molar-refractivity contribution in [2.24, 2.45) is 0 Å². The van der Waals surface area contributed by atoms with Gasteiger partial charge in [-0.05, 0) is 24.3 Å². The van der Waals surface area contributed by atoms with Gasteiger partial charge >= 0.3 is 0 Å². The number of carbonyl (C=O) groups is 1. The Morgan fingerprint density at radius 3 is 2.79 bits per heavy atom. The number of carbonyl (C=O) groups excluding carboxylic acids is 1. The Labute approximate surface area is 149 Å². The summed E-state index contributed by atoms with van der Waals surface area (Å²) in [5.41, 5.74) is 2.56. The van der Waals surface area contributed by atoms with E-state index in [-0.39, 0.29) is 11.7 Å². The number of para-hydroxylation sites is 3. The number of nitrogens with zero attached hydrogens (tertiary/aromatic N) is 2. The zero-order valence-corrected chi connectivity index (χ0v) is 14.5. The molecule has 2 aromatic carbocycles. The average Bonchev–Trinajstić information content (AvgIpc) is 2.93. The first-order valence-corrected chi connectivity index (χ1v) is 8.78. The summed E-state index contributed by atoms with van der Waals surface area (Å²) in [6, 6.07) is 15.1. The second-order valence-corrected chi connectivity index (χ2v) is 6.45. The van der Waals surface area contributed by atoms with Gasteiger partial charge in [-0.15, -0.1) is 6.58 Å². The molecule has 0 aliphatic heterocycles. The molecule has 6 heteroatoms. The number of fused-ring (bicyclic) bond motifs is 1. The van der Waals surface area contributed by atoms with E-state index in [2.05, 4.69) is 21.4 Å². The van der Waals surface area contributed by atoms with Crippen LogP contribution in [0.1, 0.15) is 0 Å². The van der Waals surface area contributed by atoms with Gasteiger partial charge in [0.25, 0.3) is 0 Å². The van der Waals surface area contributed by atoms with Crippen LogP contribution in [0.15, 0.2) is 66.3 Å². The van der Waals surface area contributed by atoms with Crippen molar-refractivity contribution < 1.29 is 4.79 Å². The summed E-state index contributed by atoms with van der Waals surface area (Å²) in [5, 5.41) is 4.14. The van der Waals surface area contributed by atoms with Gasteiger partial charge in [-0.25, -0.2) is 4.98 Å². The fraction of sp³-hybridized carbons (Fsp3) is 0.111. The zero-order chi connectivity index (χ0) is 16.9. The van der Waals surface area contributed by atoms with E-state index in [0.29, 0.717) is 17.3 Å². The molecule has 0 bridgehead atoms. The Kier molecular flexibility index (Phi) is 5.23. The van der Waals surface area contributed by atoms with Gasteiger partial charge in [0.15, 0.2) is 5.16 Å². The lowest BCUT2D eigenvalue weighted by Gasteiger charge is -2.08. The van der Waals surface area contributed by atoms with Gasteiger partial charge in [-0.1, -0.05) is 53.7 Å². The maximum atomic E-state index is 12.2. The van der Waals surface area contributed by atoms with Gasteiger partial charge < -0.3 is 9.88 Å². The SMILES string of the molecule is C=CCn1c(SCC(=O)Nc2ccccc2Cl)nc2ccccc21. The lowest BCUT2D eigenvalue weighted by molar-refractivity contribution is -0.113. The van der Waals surface area contributed by atoms with E-state index < -0.39 is 0 Å². The lowest BCUT2D eigenvalue weighted by Crippen LogP contribution is -2.14. The monoisotopic (exact) mass is 357 g/mol. The molecule has 122 valence electrons. The number of hydrogen-bond donors (Lipinski definition) is 1. The van der Waals surface area contributed by atoms with Gasteiger partial charge in [0.05, 0.1) is 27.5 Å². The zero-order valence-electron chi connectivity index (χ0n) is 12.9. The second kappa shape index (κ2) is 7.55. The van der Waals surface area contributed by atoms with Crippen molar-refractivity contribution in [3.8, 4) is 0 Å². The maximum Gasteiger partial charge on any atom is 0.234 e. The van der Waals surface area contributed by atoms with Gasteiger partial charge in [-0.2, -0.15) is 0 Å². The molecule has 1 amide bonds. The molecule has 0 aliphatic carbocycles. The van der Waals surface area contributed by atoms with Crippen LogP contribution >= 0.6 is 23.4 Å². The third kappa shape index (κ3) is 3.63. The van der Waals surface area contributed by atoms with Crippen LogP contribution in [0, 0.1) is 0 Å². The smallest absolute Gasteiger partial charge is 0.234 e. The molecule has 0 unspecified atom stereocenters. The minimum Gasteiger partial charge on any atom is -0.324 e. The van der Waals surface area contributed by atoms with Crippen molar-refractivity contribution >= 4 is 46.0 Å². The fourth-order valence-electron chi connectivity index (χ4n) is 2.35. The lowest BCUT2D eigenvalue weighted by atomic mass is 10.3. The predicted octanol–water partition coefficient (Wildman–Crippen LogP) is 4.61. The minimum absolute atomic E-state index is 0.120. The number of allylic oxidation sites excluding steroid dienone is 1. The first-order chi connectivity index (χ1) is 11.7. The Morgan fingerprint density at radius 1 is 1.25 bits per heavy atom. The number of amides is 1. The number of aromatic nitrogens is 2. The number of rotatable bonds is 6. The molecule has 0 atom stereocenters. The van der Waals surface area contributed by atoms with Crippen LogP contribution in [0.3, 0.4) is 0 Å². The van der Waals surface area contributed by atoms with Crippen molar-refractivity contribution in [1.82, 2.24) is 9.55 Å². The normalized spacial score (nSPS) is 10.7. The van der Waals surface area contributed by atoms with Crippen molar-refractivity contribution in [3.05, 3.63) is 66.2 Å². The topological polar surface area (TPSA) is 46.9 Å². The largest absolute Gasteiger partial charge is 0.324 e. The van der Waals surface area contributed by atoms with Gasteiger partial charge in [0.2, 0.25) is 5.91 Å². The van der Waals surface area contributed by atoms with Crippen LogP contribution in [-0.2, 0) is 11.3 Å². The molecule has 0 fully saturated rings. The van der Waals surface area contributed by atoms with E-state index in [0.717, 1.165) is 16.2 Å². The number of nitrogens with one attached hydrogen (secondary N) is 1. The highest BCUT2D eigenvalue weighted by atomic mass is 35.5. The van der Waals surface area contributed by atoms with Gasteiger partial charge in [-0.3, -0.25) is 4.79 Å². The number of anilines is 1. The molecule has 1 N–H and O–H groups in total. The molecule has 3 rings (SSSR count). The van der Waals surface area contributed by atoms with E-state index in [1.807, 2.05) is 42.5 Å². The summed E-state index contributed by atoms with van der Waals surface area (Å²) in [6.07, 6.45) is 1.82. The summed E-state index contributed by atoms with van der Waals surface area (Å²) < 4.78 is 2.05. The predicted molar refractivity (Wildman–Crippen MR) is 101 cm³/mol. The molecule has 3 aromatic rings. The summed E-state index contributed by atoms with van der Waals surface area (Å²) in [6.45, 7) is 4.44. The van der Waals surface area contributed by atoms with Crippen molar-refractivity contribution in [2.45, 2.75) is 11.7 Å². The average molecular weight is 358 g/mol. The van der Waals surface area contributed by atoms with Crippen LogP contribution in [0.5, 0.6) is 0 Å². The first-order valence-electron chi connectivity index (χ1n) is 7.42. The summed E-state index contributed by atoms with van der Waals surface area (Å²) in [5.74, 6) is 0.136. The summed E-state index contributed by atoms with van der Waals surface area (Å²) in [4.78, 5) is 16.8. The Morgan fingerprint density at radius 2 is 2.00 bits per heavy atom. The van der Waals surface area contributed by atoms with Crippen molar-refractivity contribution in [2.75, 3.05) is 11.1 Å². The highest BCUT2D eigenvalue weighted by molar-refractivity contribution is 7.99. The number of hydrogen-bond acceptors (Lipinski definition) is 3. The van der Waals surface area contributed by atoms with Crippen LogP contribution in [0.25, 0.3) is 11.0 Å². The first kappa shape index (κ1) is 16.6. The Bertz CT molecular complexity index is 891. The molecule has 0 saturated carbocycles. The van der Waals surface area contributed by atoms with E-state index in [1.165, 1.54) is 11.8 Å². The summed E-state index contributed by atoms with van der Waals surface area (Å²) >= 11 is 7.45. The fourth-order valence-corrected chi connectivity index (χ4v) is 3.36.